The summed E-state index contributed by atoms with van der Waals surface area (Å²) in [6.07, 6.45) is 0. The number of Topliss-reactive ketones (excluding diaryl/α,β-unsaturated/α-hetero) is 1. The van der Waals surface area contributed by atoms with Gasteiger partial charge in [-0.2, -0.15) is 0 Å². The second-order valence-corrected chi connectivity index (χ2v) is 5.47. The van der Waals surface area contributed by atoms with Crippen LogP contribution in [0.15, 0.2) is 47.4 Å². The molecule has 0 amide bonds. The Morgan fingerprint density at radius 1 is 1.14 bits per heavy atom. The van der Waals surface area contributed by atoms with E-state index in [4.69, 9.17) is 9.84 Å². The fourth-order valence-electron chi connectivity index (χ4n) is 1.78. The molecule has 0 unspecified atom stereocenters. The number of ketones is 1. The van der Waals surface area contributed by atoms with Gasteiger partial charge in [-0.25, -0.2) is 9.18 Å². The molecule has 0 aliphatic heterocycles. The first-order valence-corrected chi connectivity index (χ1v) is 7.32. The average Bonchev–Trinajstić information content (AvgIpc) is 2.52. The highest BCUT2D eigenvalue weighted by atomic mass is 32.2. The maximum Gasteiger partial charge on any atom is 0.335 e. The molecule has 0 aliphatic carbocycles. The lowest BCUT2D eigenvalue weighted by molar-refractivity contribution is 0.0696. The smallest absolute Gasteiger partial charge is 0.335 e. The van der Waals surface area contributed by atoms with Gasteiger partial charge >= 0.3 is 5.97 Å². The lowest BCUT2D eigenvalue weighted by atomic mass is 10.1. The number of rotatable bonds is 6. The van der Waals surface area contributed by atoms with Crippen LogP contribution >= 0.6 is 11.8 Å². The SMILES string of the molecule is COc1ccc(C(=O)CSc2cc(F)cc(C(=O)O)c2)cc1. The molecule has 0 aliphatic rings. The largest absolute Gasteiger partial charge is 0.497 e. The summed E-state index contributed by atoms with van der Waals surface area (Å²) >= 11 is 1.09. The maximum atomic E-state index is 13.3. The van der Waals surface area contributed by atoms with Crippen molar-refractivity contribution in [3.63, 3.8) is 0 Å². The first-order chi connectivity index (χ1) is 10.5. The van der Waals surface area contributed by atoms with Crippen LogP contribution in [0.4, 0.5) is 4.39 Å². The summed E-state index contributed by atoms with van der Waals surface area (Å²) in [5, 5.41) is 8.88. The van der Waals surface area contributed by atoms with Crippen molar-refractivity contribution in [1.29, 1.82) is 0 Å². The summed E-state index contributed by atoms with van der Waals surface area (Å²) in [4.78, 5) is 23.3. The van der Waals surface area contributed by atoms with Crippen LogP contribution in [-0.4, -0.2) is 29.7 Å². The fraction of sp³-hybridized carbons (Fsp3) is 0.125. The molecule has 2 rings (SSSR count). The Balaban J connectivity index is 2.05. The van der Waals surface area contributed by atoms with E-state index in [-0.39, 0.29) is 17.1 Å². The van der Waals surface area contributed by atoms with Gasteiger partial charge in [-0.15, -0.1) is 11.8 Å². The van der Waals surface area contributed by atoms with Crippen molar-refractivity contribution in [2.24, 2.45) is 0 Å². The average molecular weight is 320 g/mol. The molecule has 0 saturated heterocycles. The van der Waals surface area contributed by atoms with Crippen molar-refractivity contribution in [2.75, 3.05) is 12.9 Å². The summed E-state index contributed by atoms with van der Waals surface area (Å²) < 4.78 is 18.4. The second-order valence-electron chi connectivity index (χ2n) is 4.42. The summed E-state index contributed by atoms with van der Waals surface area (Å²) in [6.45, 7) is 0. The van der Waals surface area contributed by atoms with Crippen LogP contribution in [0.5, 0.6) is 5.75 Å². The van der Waals surface area contributed by atoms with Crippen molar-refractivity contribution in [1.82, 2.24) is 0 Å². The zero-order valence-corrected chi connectivity index (χ0v) is 12.5. The van der Waals surface area contributed by atoms with E-state index in [9.17, 15) is 14.0 Å². The molecule has 0 saturated carbocycles. The molecule has 2 aromatic carbocycles. The van der Waals surface area contributed by atoms with E-state index >= 15 is 0 Å². The number of carbonyl (C=O) groups is 2. The van der Waals surface area contributed by atoms with Crippen LogP contribution in [0.2, 0.25) is 0 Å². The van der Waals surface area contributed by atoms with E-state index in [0.717, 1.165) is 17.8 Å². The van der Waals surface area contributed by atoms with Gasteiger partial charge in [0.15, 0.2) is 5.78 Å². The van der Waals surface area contributed by atoms with Crippen molar-refractivity contribution in [3.05, 3.63) is 59.4 Å². The number of carboxylic acid groups (broad SMARTS) is 1. The Kier molecular flexibility index (Phi) is 5.16. The third-order valence-electron chi connectivity index (χ3n) is 2.90. The van der Waals surface area contributed by atoms with Crippen molar-refractivity contribution < 1.29 is 23.8 Å². The predicted molar refractivity (Wildman–Crippen MR) is 81.4 cm³/mol. The maximum absolute atomic E-state index is 13.3. The molecular formula is C16H13FO4S. The van der Waals surface area contributed by atoms with Crippen molar-refractivity contribution >= 4 is 23.5 Å². The third kappa shape index (κ3) is 4.08. The van der Waals surface area contributed by atoms with Gasteiger partial charge in [-0.3, -0.25) is 4.79 Å². The molecule has 0 fully saturated rings. The number of carbonyl (C=O) groups excluding carboxylic acids is 1. The van der Waals surface area contributed by atoms with Gasteiger partial charge in [0.25, 0.3) is 0 Å². The Labute approximate surface area is 130 Å². The Hall–Kier alpha value is -2.34. The summed E-state index contributed by atoms with van der Waals surface area (Å²) in [5.41, 5.74) is 0.377. The molecule has 0 atom stereocenters. The number of methoxy groups -OCH3 is 1. The Bertz CT molecular complexity index is 698. The molecule has 0 heterocycles. The molecule has 1 N–H and O–H groups in total. The quantitative estimate of drug-likeness (QED) is 0.652. The van der Waals surface area contributed by atoms with E-state index in [1.807, 2.05) is 0 Å². The first kappa shape index (κ1) is 16.0. The van der Waals surface area contributed by atoms with Crippen molar-refractivity contribution in [2.45, 2.75) is 4.90 Å². The number of thioether (sulfide) groups is 1. The number of hydrogen-bond donors (Lipinski definition) is 1. The number of halogens is 1. The van der Waals surface area contributed by atoms with Crippen LogP contribution in [-0.2, 0) is 0 Å². The van der Waals surface area contributed by atoms with Crippen LogP contribution in [0.25, 0.3) is 0 Å². The van der Waals surface area contributed by atoms with E-state index in [2.05, 4.69) is 0 Å². The van der Waals surface area contributed by atoms with Crippen LogP contribution in [0, 0.1) is 5.82 Å². The van der Waals surface area contributed by atoms with Gasteiger partial charge in [0.2, 0.25) is 0 Å². The predicted octanol–water partition coefficient (Wildman–Crippen LogP) is 3.51. The minimum absolute atomic E-state index is 0.0921. The molecule has 0 bridgehead atoms. The highest BCUT2D eigenvalue weighted by molar-refractivity contribution is 8.00. The first-order valence-electron chi connectivity index (χ1n) is 6.33. The van der Waals surface area contributed by atoms with Gasteiger partial charge < -0.3 is 9.84 Å². The van der Waals surface area contributed by atoms with E-state index in [1.54, 1.807) is 24.3 Å². The van der Waals surface area contributed by atoms with E-state index < -0.39 is 11.8 Å². The zero-order chi connectivity index (χ0) is 16.1. The lowest BCUT2D eigenvalue weighted by Gasteiger charge is -2.05. The molecule has 0 spiro atoms. The fourth-order valence-corrected chi connectivity index (χ4v) is 2.65. The van der Waals surface area contributed by atoms with Gasteiger partial charge in [0.1, 0.15) is 11.6 Å². The number of carboxylic acids is 1. The van der Waals surface area contributed by atoms with Crippen LogP contribution in [0.3, 0.4) is 0 Å². The molecule has 6 heteroatoms. The second kappa shape index (κ2) is 7.09. The highest BCUT2D eigenvalue weighted by Gasteiger charge is 2.10. The summed E-state index contributed by atoms with van der Waals surface area (Å²) in [7, 11) is 1.54. The molecule has 4 nitrogen and oxygen atoms in total. The Morgan fingerprint density at radius 2 is 1.82 bits per heavy atom. The van der Waals surface area contributed by atoms with Gasteiger partial charge in [0, 0.05) is 10.5 Å². The topological polar surface area (TPSA) is 63.6 Å². The lowest BCUT2D eigenvalue weighted by Crippen LogP contribution is -2.03. The van der Waals surface area contributed by atoms with Gasteiger partial charge in [-0.05, 0) is 42.5 Å². The molecule has 114 valence electrons. The molecule has 0 radical (unpaired) electrons. The minimum Gasteiger partial charge on any atom is -0.497 e. The third-order valence-corrected chi connectivity index (χ3v) is 3.88. The number of aromatic carboxylic acids is 1. The zero-order valence-electron chi connectivity index (χ0n) is 11.7. The van der Waals surface area contributed by atoms with Crippen LogP contribution in [0.1, 0.15) is 20.7 Å². The molecular weight excluding hydrogens is 307 g/mol. The van der Waals surface area contributed by atoms with E-state index in [1.165, 1.54) is 19.2 Å². The number of ether oxygens (including phenoxy) is 1. The number of benzene rings is 2. The molecule has 0 aromatic heterocycles. The monoisotopic (exact) mass is 320 g/mol. The highest BCUT2D eigenvalue weighted by Crippen LogP contribution is 2.23. The summed E-state index contributed by atoms with van der Waals surface area (Å²) in [5.74, 6) is -1.23. The van der Waals surface area contributed by atoms with E-state index in [0.29, 0.717) is 16.2 Å². The van der Waals surface area contributed by atoms with Crippen LogP contribution < -0.4 is 4.74 Å². The standard InChI is InChI=1S/C16H13FO4S/c1-21-13-4-2-10(3-5-13)15(18)9-22-14-7-11(16(19)20)6-12(17)8-14/h2-8H,9H2,1H3,(H,19,20). The molecule has 2 aromatic rings. The normalized spacial score (nSPS) is 10.3. The Morgan fingerprint density at radius 3 is 2.41 bits per heavy atom. The van der Waals surface area contributed by atoms with Gasteiger partial charge in [0.05, 0.1) is 18.4 Å². The van der Waals surface area contributed by atoms with Crippen molar-refractivity contribution in [3.8, 4) is 5.75 Å². The summed E-state index contributed by atoms with van der Waals surface area (Å²) in [6, 6.07) is 10.2. The number of hydrogen-bond acceptors (Lipinski definition) is 4. The molecule has 22 heavy (non-hydrogen) atoms. The minimum atomic E-state index is -1.21. The van der Waals surface area contributed by atoms with Gasteiger partial charge in [-0.1, -0.05) is 0 Å².